The molecule has 0 radical (unpaired) electrons. The quantitative estimate of drug-likeness (QED) is 0.908. The van der Waals surface area contributed by atoms with Crippen LogP contribution in [-0.2, 0) is 11.2 Å². The molecule has 1 saturated heterocycles. The van der Waals surface area contributed by atoms with Crippen LogP contribution >= 0.6 is 12.4 Å². The molecule has 1 fully saturated rings. The van der Waals surface area contributed by atoms with Gasteiger partial charge in [0.05, 0.1) is 6.04 Å². The second-order valence-electron chi connectivity index (χ2n) is 6.01. The molecule has 1 atom stereocenters. The maximum atomic E-state index is 12.5. The molecule has 2 rings (SSSR count). The van der Waals surface area contributed by atoms with Gasteiger partial charge in [0.2, 0.25) is 5.91 Å². The number of likely N-dealkylation sites (tertiary alicyclic amines) is 1. The number of benzene rings is 1. The molecule has 0 aromatic heterocycles. The number of hydrogen-bond acceptors (Lipinski definition) is 2. The van der Waals surface area contributed by atoms with Gasteiger partial charge in [-0.3, -0.25) is 4.79 Å². The first-order valence-corrected chi connectivity index (χ1v) is 7.68. The van der Waals surface area contributed by atoms with Gasteiger partial charge in [0.15, 0.2) is 0 Å². The van der Waals surface area contributed by atoms with Crippen molar-refractivity contribution >= 4 is 18.3 Å². The van der Waals surface area contributed by atoms with E-state index in [1.54, 1.807) is 0 Å². The summed E-state index contributed by atoms with van der Waals surface area (Å²) in [6.45, 7) is 6.19. The zero-order valence-electron chi connectivity index (χ0n) is 13.0. The maximum absolute atomic E-state index is 12.5. The van der Waals surface area contributed by atoms with Gasteiger partial charge in [-0.05, 0) is 36.7 Å². The summed E-state index contributed by atoms with van der Waals surface area (Å²) >= 11 is 0. The largest absolute Gasteiger partial charge is 0.341 e. The molecule has 1 aliphatic heterocycles. The predicted octanol–water partition coefficient (Wildman–Crippen LogP) is 3.02. The van der Waals surface area contributed by atoms with Crippen molar-refractivity contribution in [3.63, 3.8) is 0 Å². The topological polar surface area (TPSA) is 46.3 Å². The van der Waals surface area contributed by atoms with Gasteiger partial charge in [-0.15, -0.1) is 12.4 Å². The fraction of sp³-hybridized carbons (Fsp3) is 0.588. The van der Waals surface area contributed by atoms with E-state index in [0.29, 0.717) is 11.8 Å². The van der Waals surface area contributed by atoms with E-state index in [0.717, 1.165) is 37.9 Å². The van der Waals surface area contributed by atoms with Crippen molar-refractivity contribution in [1.82, 2.24) is 4.90 Å². The third-order valence-electron chi connectivity index (χ3n) is 4.87. The number of amides is 1. The number of rotatable bonds is 5. The van der Waals surface area contributed by atoms with Crippen LogP contribution in [-0.4, -0.2) is 29.9 Å². The standard InChI is InChI=1S/C17H26N2O.ClH/c1-3-17(4-2)10-11-19(13-17)16(20)15(18)12-14-8-6-5-7-9-14;/h5-9,15H,3-4,10-13,18H2,1-2H3;1H. The third-order valence-corrected chi connectivity index (χ3v) is 4.87. The molecule has 21 heavy (non-hydrogen) atoms. The summed E-state index contributed by atoms with van der Waals surface area (Å²) in [6, 6.07) is 9.60. The molecule has 118 valence electrons. The van der Waals surface area contributed by atoms with Crippen LogP contribution in [0.4, 0.5) is 0 Å². The lowest BCUT2D eigenvalue weighted by atomic mass is 9.82. The van der Waals surface area contributed by atoms with Gasteiger partial charge < -0.3 is 10.6 Å². The van der Waals surface area contributed by atoms with Crippen LogP contribution < -0.4 is 5.73 Å². The van der Waals surface area contributed by atoms with Crippen molar-refractivity contribution in [3.8, 4) is 0 Å². The van der Waals surface area contributed by atoms with Crippen LogP contribution in [0.2, 0.25) is 0 Å². The van der Waals surface area contributed by atoms with E-state index in [4.69, 9.17) is 5.73 Å². The SMILES string of the molecule is CCC1(CC)CCN(C(=O)C(N)Cc2ccccc2)C1.Cl. The van der Waals surface area contributed by atoms with Gasteiger partial charge in [0, 0.05) is 13.1 Å². The van der Waals surface area contributed by atoms with Crippen molar-refractivity contribution in [2.75, 3.05) is 13.1 Å². The minimum Gasteiger partial charge on any atom is -0.341 e. The molecule has 0 saturated carbocycles. The molecule has 3 nitrogen and oxygen atoms in total. The van der Waals surface area contributed by atoms with E-state index >= 15 is 0 Å². The van der Waals surface area contributed by atoms with Crippen molar-refractivity contribution < 1.29 is 4.79 Å². The highest BCUT2D eigenvalue weighted by Gasteiger charge is 2.38. The molecule has 0 bridgehead atoms. The Hall–Kier alpha value is -1.06. The summed E-state index contributed by atoms with van der Waals surface area (Å²) in [6.07, 6.45) is 4.02. The molecule has 1 heterocycles. The van der Waals surface area contributed by atoms with Crippen LogP contribution in [0.5, 0.6) is 0 Å². The molecule has 1 aliphatic rings. The van der Waals surface area contributed by atoms with Gasteiger partial charge >= 0.3 is 0 Å². The fourth-order valence-electron chi connectivity index (χ4n) is 3.14. The Morgan fingerprint density at radius 3 is 2.43 bits per heavy atom. The molecular weight excluding hydrogens is 284 g/mol. The van der Waals surface area contributed by atoms with Crippen molar-refractivity contribution in [2.45, 2.75) is 45.6 Å². The highest BCUT2D eigenvalue weighted by molar-refractivity contribution is 5.85. The second-order valence-corrected chi connectivity index (χ2v) is 6.01. The monoisotopic (exact) mass is 310 g/mol. The average Bonchev–Trinajstić information content (AvgIpc) is 2.92. The molecule has 1 unspecified atom stereocenters. The highest BCUT2D eigenvalue weighted by Crippen LogP contribution is 2.37. The first kappa shape index (κ1) is 18.0. The molecule has 1 aromatic carbocycles. The van der Waals surface area contributed by atoms with E-state index < -0.39 is 6.04 Å². The molecule has 2 N–H and O–H groups in total. The van der Waals surface area contributed by atoms with E-state index in [-0.39, 0.29) is 18.3 Å². The third kappa shape index (κ3) is 4.21. The van der Waals surface area contributed by atoms with E-state index in [2.05, 4.69) is 13.8 Å². The van der Waals surface area contributed by atoms with E-state index in [1.807, 2.05) is 35.2 Å². The summed E-state index contributed by atoms with van der Waals surface area (Å²) in [5.74, 6) is 0.109. The minimum atomic E-state index is -0.415. The molecule has 1 amide bonds. The lowest BCUT2D eigenvalue weighted by molar-refractivity contribution is -0.131. The van der Waals surface area contributed by atoms with Crippen LogP contribution in [0.25, 0.3) is 0 Å². The summed E-state index contributed by atoms with van der Waals surface area (Å²) in [5.41, 5.74) is 7.56. The Balaban J connectivity index is 0.00000220. The minimum absolute atomic E-state index is 0. The first-order chi connectivity index (χ1) is 9.60. The highest BCUT2D eigenvalue weighted by atomic mass is 35.5. The van der Waals surface area contributed by atoms with Gasteiger partial charge in [-0.2, -0.15) is 0 Å². The van der Waals surface area contributed by atoms with Gasteiger partial charge in [0.25, 0.3) is 0 Å². The first-order valence-electron chi connectivity index (χ1n) is 7.68. The molecule has 1 aromatic rings. The lowest BCUT2D eigenvalue weighted by Crippen LogP contribution is -2.44. The van der Waals surface area contributed by atoms with E-state index in [9.17, 15) is 4.79 Å². The lowest BCUT2D eigenvalue weighted by Gasteiger charge is -2.27. The molecular formula is C17H27ClN2O. The Morgan fingerprint density at radius 2 is 1.90 bits per heavy atom. The fourth-order valence-corrected chi connectivity index (χ4v) is 3.14. The smallest absolute Gasteiger partial charge is 0.239 e. The normalized spacial score (nSPS) is 18.1. The number of carbonyl (C=O) groups is 1. The van der Waals surface area contributed by atoms with Crippen molar-refractivity contribution in [2.24, 2.45) is 11.1 Å². The van der Waals surface area contributed by atoms with Crippen LogP contribution in [0.15, 0.2) is 30.3 Å². The summed E-state index contributed by atoms with van der Waals surface area (Å²) in [5, 5.41) is 0. The average molecular weight is 311 g/mol. The summed E-state index contributed by atoms with van der Waals surface area (Å²) in [4.78, 5) is 14.4. The zero-order valence-corrected chi connectivity index (χ0v) is 13.9. The zero-order chi connectivity index (χ0) is 14.6. The Morgan fingerprint density at radius 1 is 1.29 bits per heavy atom. The second kappa shape index (κ2) is 7.81. The van der Waals surface area contributed by atoms with Crippen molar-refractivity contribution in [1.29, 1.82) is 0 Å². The van der Waals surface area contributed by atoms with Gasteiger partial charge in [-0.1, -0.05) is 44.2 Å². The number of nitrogens with zero attached hydrogens (tertiary/aromatic N) is 1. The predicted molar refractivity (Wildman–Crippen MR) is 89.6 cm³/mol. The number of hydrogen-bond donors (Lipinski definition) is 1. The number of nitrogens with two attached hydrogens (primary N) is 1. The van der Waals surface area contributed by atoms with Crippen molar-refractivity contribution in [3.05, 3.63) is 35.9 Å². The summed E-state index contributed by atoms with van der Waals surface area (Å²) in [7, 11) is 0. The summed E-state index contributed by atoms with van der Waals surface area (Å²) < 4.78 is 0. The maximum Gasteiger partial charge on any atom is 0.239 e. The van der Waals surface area contributed by atoms with E-state index in [1.165, 1.54) is 0 Å². The molecule has 4 heteroatoms. The Kier molecular flexibility index (Phi) is 6.69. The number of halogens is 1. The van der Waals surface area contributed by atoms with Crippen LogP contribution in [0.1, 0.15) is 38.7 Å². The van der Waals surface area contributed by atoms with Crippen LogP contribution in [0, 0.1) is 5.41 Å². The Labute approximate surface area is 134 Å². The Bertz CT molecular complexity index is 445. The number of carbonyl (C=O) groups excluding carboxylic acids is 1. The molecule has 0 spiro atoms. The van der Waals surface area contributed by atoms with Gasteiger partial charge in [-0.25, -0.2) is 0 Å². The van der Waals surface area contributed by atoms with Gasteiger partial charge in [0.1, 0.15) is 0 Å². The van der Waals surface area contributed by atoms with Crippen LogP contribution in [0.3, 0.4) is 0 Å². The molecule has 0 aliphatic carbocycles.